The van der Waals surface area contributed by atoms with Crippen molar-refractivity contribution in [1.82, 2.24) is 14.8 Å². The molecule has 7 aromatic rings. The monoisotopic (exact) mass is 587 g/mol. The van der Waals surface area contributed by atoms with Gasteiger partial charge in [0.25, 0.3) is 0 Å². The Morgan fingerprint density at radius 1 is 0.689 bits per heavy atom. The number of nitriles is 1. The van der Waals surface area contributed by atoms with Gasteiger partial charge in [-0.2, -0.15) is 5.26 Å². The number of hydrogen-bond acceptors (Lipinski definition) is 5. The van der Waals surface area contributed by atoms with E-state index in [0.29, 0.717) is 17.3 Å². The lowest BCUT2D eigenvalue weighted by Gasteiger charge is -2.25. The normalized spacial score (nSPS) is 11.6. The van der Waals surface area contributed by atoms with E-state index in [1.54, 1.807) is 0 Å². The number of fused-ring (bicyclic) bond motifs is 3. The first-order valence-corrected chi connectivity index (χ1v) is 15.2. The summed E-state index contributed by atoms with van der Waals surface area (Å²) < 4.78 is 8.41. The van der Waals surface area contributed by atoms with Gasteiger partial charge in [-0.1, -0.05) is 51.1 Å². The molecule has 220 valence electrons. The predicted molar refractivity (Wildman–Crippen MR) is 182 cm³/mol. The van der Waals surface area contributed by atoms with Crippen LogP contribution in [0.25, 0.3) is 44.7 Å². The van der Waals surface area contributed by atoms with Gasteiger partial charge >= 0.3 is 0 Å². The zero-order valence-corrected chi connectivity index (χ0v) is 25.8. The van der Waals surface area contributed by atoms with Crippen molar-refractivity contribution in [3.63, 3.8) is 0 Å². The molecule has 0 N–H and O–H groups in total. The lowest BCUT2D eigenvalue weighted by molar-refractivity contribution is 0.582. The molecule has 0 aliphatic rings. The number of rotatable bonds is 6. The van der Waals surface area contributed by atoms with Crippen LogP contribution in [-0.4, -0.2) is 14.8 Å². The topological polar surface area (TPSA) is 70.9 Å². The summed E-state index contributed by atoms with van der Waals surface area (Å²) in [6.45, 7) is 9.59. The van der Waals surface area contributed by atoms with E-state index in [1.807, 2.05) is 54.6 Å². The molecule has 45 heavy (non-hydrogen) atoms. The maximum absolute atomic E-state index is 9.59. The third kappa shape index (κ3) is 5.13. The fourth-order valence-corrected chi connectivity index (χ4v) is 5.99. The van der Waals surface area contributed by atoms with E-state index >= 15 is 0 Å². The number of para-hydroxylation sites is 1. The fourth-order valence-electron chi connectivity index (χ4n) is 5.99. The number of aryl methyl sites for hydroxylation is 1. The second kappa shape index (κ2) is 11.1. The van der Waals surface area contributed by atoms with Crippen molar-refractivity contribution in [3.05, 3.63) is 126 Å². The summed E-state index contributed by atoms with van der Waals surface area (Å²) in [5.41, 5.74) is 9.08. The lowest BCUT2D eigenvalue weighted by Crippen LogP contribution is -2.10. The van der Waals surface area contributed by atoms with Crippen LogP contribution in [0.15, 0.2) is 120 Å². The zero-order valence-electron chi connectivity index (χ0n) is 25.8. The van der Waals surface area contributed by atoms with Crippen molar-refractivity contribution in [2.45, 2.75) is 39.7 Å². The summed E-state index contributed by atoms with van der Waals surface area (Å²) in [6, 6.07) is 41.6. The first kappa shape index (κ1) is 28.1. The number of aromatic nitrogens is 3. The largest absolute Gasteiger partial charge is 0.416 e. The van der Waals surface area contributed by atoms with Gasteiger partial charge in [0, 0.05) is 56.5 Å². The third-order valence-electron chi connectivity index (χ3n) is 8.36. The lowest BCUT2D eigenvalue weighted by atomic mass is 9.87. The van der Waals surface area contributed by atoms with Crippen molar-refractivity contribution < 1.29 is 4.42 Å². The van der Waals surface area contributed by atoms with Crippen LogP contribution >= 0.6 is 0 Å². The minimum atomic E-state index is 0.0784. The average Bonchev–Trinajstić information content (AvgIpc) is 3.68. The van der Waals surface area contributed by atoms with Crippen LogP contribution in [0, 0.1) is 11.3 Å². The van der Waals surface area contributed by atoms with Crippen LogP contribution in [-0.2, 0) is 12.0 Å². The van der Waals surface area contributed by atoms with Gasteiger partial charge in [-0.15, -0.1) is 10.2 Å². The molecule has 0 saturated heterocycles. The van der Waals surface area contributed by atoms with Gasteiger partial charge in [0.2, 0.25) is 11.8 Å². The molecule has 7 rings (SSSR count). The standard InChI is InChI=1S/C39H33N5O/c1-5-43-35-21-11-26(25-40)23-33(35)34-24-32(20-22-36(34)43)44(30-9-7-6-8-10-30)31-18-14-28(15-19-31)38-42-41-37(45-38)27-12-16-29(17-13-27)39(2,3)4/h6-24H,5H2,1-4H3. The average molecular weight is 588 g/mol. The third-order valence-corrected chi connectivity index (χ3v) is 8.36. The van der Waals surface area contributed by atoms with Crippen molar-refractivity contribution in [2.24, 2.45) is 0 Å². The maximum Gasteiger partial charge on any atom is 0.248 e. The molecule has 0 bridgehead atoms. The van der Waals surface area contributed by atoms with E-state index in [4.69, 9.17) is 4.42 Å². The van der Waals surface area contributed by atoms with E-state index in [2.05, 4.69) is 114 Å². The SMILES string of the molecule is CCn1c2ccc(C#N)cc2c2cc(N(c3ccccc3)c3ccc(-c4nnc(-c5ccc(C(C)(C)C)cc5)o4)cc3)ccc21. The van der Waals surface area contributed by atoms with E-state index in [1.165, 1.54) is 5.56 Å². The van der Waals surface area contributed by atoms with Gasteiger partial charge in [0.1, 0.15) is 0 Å². The van der Waals surface area contributed by atoms with Gasteiger partial charge in [0.15, 0.2) is 0 Å². The van der Waals surface area contributed by atoms with Crippen molar-refractivity contribution in [2.75, 3.05) is 4.90 Å². The Morgan fingerprint density at radius 3 is 1.84 bits per heavy atom. The molecule has 2 aromatic heterocycles. The van der Waals surface area contributed by atoms with Crippen LogP contribution in [0.5, 0.6) is 0 Å². The molecule has 6 heteroatoms. The highest BCUT2D eigenvalue weighted by molar-refractivity contribution is 6.10. The molecule has 2 heterocycles. The van der Waals surface area contributed by atoms with Crippen LogP contribution in [0.4, 0.5) is 17.1 Å². The molecule has 0 amide bonds. The molecule has 0 saturated carbocycles. The molecule has 0 atom stereocenters. The minimum Gasteiger partial charge on any atom is -0.416 e. The molecule has 0 aliphatic carbocycles. The van der Waals surface area contributed by atoms with E-state index in [9.17, 15) is 5.26 Å². The molecule has 0 radical (unpaired) electrons. The fraction of sp³-hybridized carbons (Fsp3) is 0.154. The van der Waals surface area contributed by atoms with Crippen LogP contribution in [0.3, 0.4) is 0 Å². The predicted octanol–water partition coefficient (Wildman–Crippen LogP) is 10.2. The molecule has 5 aromatic carbocycles. The van der Waals surface area contributed by atoms with Crippen LogP contribution < -0.4 is 4.90 Å². The molecule has 0 fully saturated rings. The first-order valence-electron chi connectivity index (χ1n) is 15.2. The van der Waals surface area contributed by atoms with Gasteiger partial charge < -0.3 is 13.9 Å². The Bertz CT molecular complexity index is 2180. The quantitative estimate of drug-likeness (QED) is 0.194. The van der Waals surface area contributed by atoms with Crippen molar-refractivity contribution in [1.29, 1.82) is 5.26 Å². The Hall–Kier alpha value is -5.67. The van der Waals surface area contributed by atoms with E-state index < -0.39 is 0 Å². The molecule has 6 nitrogen and oxygen atoms in total. The zero-order chi connectivity index (χ0) is 31.1. The number of anilines is 3. The van der Waals surface area contributed by atoms with Crippen LogP contribution in [0.1, 0.15) is 38.8 Å². The van der Waals surface area contributed by atoms with Crippen molar-refractivity contribution >= 4 is 38.9 Å². The Kier molecular flexibility index (Phi) is 6.94. The minimum absolute atomic E-state index is 0.0784. The maximum atomic E-state index is 9.59. The smallest absolute Gasteiger partial charge is 0.248 e. The Morgan fingerprint density at radius 2 is 1.24 bits per heavy atom. The molecule has 0 aliphatic heterocycles. The highest BCUT2D eigenvalue weighted by Crippen LogP contribution is 2.39. The second-order valence-corrected chi connectivity index (χ2v) is 12.2. The summed E-state index contributed by atoms with van der Waals surface area (Å²) in [7, 11) is 0. The number of benzene rings is 5. The Labute approximate surface area is 262 Å². The van der Waals surface area contributed by atoms with Gasteiger partial charge in [-0.25, -0.2) is 0 Å². The van der Waals surface area contributed by atoms with Gasteiger partial charge in [0.05, 0.1) is 11.6 Å². The molecule has 0 spiro atoms. The van der Waals surface area contributed by atoms with Crippen LogP contribution in [0.2, 0.25) is 0 Å². The summed E-state index contributed by atoms with van der Waals surface area (Å²) in [6.07, 6.45) is 0. The van der Waals surface area contributed by atoms with E-state index in [0.717, 1.165) is 56.5 Å². The summed E-state index contributed by atoms with van der Waals surface area (Å²) in [5.74, 6) is 0.976. The van der Waals surface area contributed by atoms with Gasteiger partial charge in [-0.3, -0.25) is 0 Å². The Balaban J connectivity index is 1.26. The number of nitrogens with zero attached hydrogens (tertiary/aromatic N) is 5. The highest BCUT2D eigenvalue weighted by Gasteiger charge is 2.18. The molecular weight excluding hydrogens is 554 g/mol. The molecule has 0 unspecified atom stereocenters. The first-order chi connectivity index (χ1) is 21.8. The van der Waals surface area contributed by atoms with Gasteiger partial charge in [-0.05, 0) is 103 Å². The van der Waals surface area contributed by atoms with Crippen molar-refractivity contribution in [3.8, 4) is 29.0 Å². The summed E-state index contributed by atoms with van der Waals surface area (Å²) >= 11 is 0. The molecular formula is C39H33N5O. The second-order valence-electron chi connectivity index (χ2n) is 12.2. The number of hydrogen-bond donors (Lipinski definition) is 0. The summed E-state index contributed by atoms with van der Waals surface area (Å²) in [4.78, 5) is 2.24. The van der Waals surface area contributed by atoms with E-state index in [-0.39, 0.29) is 5.41 Å². The summed E-state index contributed by atoms with van der Waals surface area (Å²) in [5, 5.41) is 20.5. The highest BCUT2D eigenvalue weighted by atomic mass is 16.4.